The monoisotopic (exact) mass is 234 g/mol. The van der Waals surface area contributed by atoms with Crippen LogP contribution < -0.4 is 0 Å². The van der Waals surface area contributed by atoms with Gasteiger partial charge >= 0.3 is 5.97 Å². The lowest BCUT2D eigenvalue weighted by molar-refractivity contribution is 0.0696. The number of carbonyl (C=O) groups is 1. The minimum Gasteiger partial charge on any atom is -0.478 e. The molecule has 2 rings (SSSR count). The second-order valence-corrected chi connectivity index (χ2v) is 4.50. The first-order valence-corrected chi connectivity index (χ1v) is 6.16. The summed E-state index contributed by atoms with van der Waals surface area (Å²) in [4.78, 5) is 17.3. The molecule has 0 radical (unpaired) electrons. The Bertz CT molecular complexity index is 370. The van der Waals surface area contributed by atoms with E-state index >= 15 is 0 Å². The van der Waals surface area contributed by atoms with Crippen molar-refractivity contribution < 1.29 is 9.90 Å². The number of likely N-dealkylation sites (tertiary alicyclic amines) is 1. The maximum Gasteiger partial charge on any atom is 0.337 e. The number of hydrogen-bond acceptors (Lipinski definition) is 3. The summed E-state index contributed by atoms with van der Waals surface area (Å²) < 4.78 is 0. The Hall–Kier alpha value is -1.42. The predicted octanol–water partition coefficient (Wildman–Crippen LogP) is 1.81. The van der Waals surface area contributed by atoms with Crippen molar-refractivity contribution in [3.05, 3.63) is 29.6 Å². The van der Waals surface area contributed by atoms with E-state index in [2.05, 4.69) is 9.88 Å². The normalized spacial score (nSPS) is 16.9. The minimum atomic E-state index is -0.917. The van der Waals surface area contributed by atoms with E-state index in [9.17, 15) is 4.79 Å². The number of nitrogens with zero attached hydrogens (tertiary/aromatic N) is 2. The highest BCUT2D eigenvalue weighted by Gasteiger charge is 2.10. The molecule has 4 heteroatoms. The van der Waals surface area contributed by atoms with E-state index in [0.717, 1.165) is 18.7 Å². The molecule has 0 saturated carbocycles. The largest absolute Gasteiger partial charge is 0.478 e. The fourth-order valence-corrected chi connectivity index (χ4v) is 2.15. The first kappa shape index (κ1) is 12.0. The highest BCUT2D eigenvalue weighted by Crippen LogP contribution is 2.09. The summed E-state index contributed by atoms with van der Waals surface area (Å²) in [6.45, 7) is 3.40. The van der Waals surface area contributed by atoms with Crippen LogP contribution in [0.15, 0.2) is 18.3 Å². The van der Waals surface area contributed by atoms with Gasteiger partial charge < -0.3 is 10.0 Å². The van der Waals surface area contributed by atoms with Crippen LogP contribution >= 0.6 is 0 Å². The third-order valence-electron chi connectivity index (χ3n) is 3.20. The number of hydrogen-bond donors (Lipinski definition) is 1. The average molecular weight is 234 g/mol. The number of carboxylic acids is 1. The Morgan fingerprint density at radius 1 is 1.29 bits per heavy atom. The molecule has 0 aliphatic carbocycles. The van der Waals surface area contributed by atoms with Crippen LogP contribution in [0.5, 0.6) is 0 Å². The Morgan fingerprint density at radius 2 is 2.06 bits per heavy atom. The molecule has 0 amide bonds. The van der Waals surface area contributed by atoms with Crippen molar-refractivity contribution in [2.45, 2.75) is 25.7 Å². The van der Waals surface area contributed by atoms with Gasteiger partial charge in [-0.2, -0.15) is 0 Å². The minimum absolute atomic E-state index is 0.256. The highest BCUT2D eigenvalue weighted by atomic mass is 16.4. The molecular weight excluding hydrogens is 216 g/mol. The van der Waals surface area contributed by atoms with Gasteiger partial charge in [0.15, 0.2) is 0 Å². The van der Waals surface area contributed by atoms with Crippen LogP contribution in [0.2, 0.25) is 0 Å². The zero-order chi connectivity index (χ0) is 12.1. The first-order chi connectivity index (χ1) is 8.25. The summed E-state index contributed by atoms with van der Waals surface area (Å²) in [5, 5.41) is 8.76. The molecule has 2 heterocycles. The maximum absolute atomic E-state index is 10.7. The summed E-state index contributed by atoms with van der Waals surface area (Å²) in [7, 11) is 0. The van der Waals surface area contributed by atoms with E-state index in [1.807, 2.05) is 6.07 Å². The molecule has 0 spiro atoms. The molecule has 1 aliphatic heterocycles. The molecular formula is C13H18N2O2. The zero-order valence-electron chi connectivity index (χ0n) is 9.93. The van der Waals surface area contributed by atoms with Crippen LogP contribution in [-0.2, 0) is 6.42 Å². The summed E-state index contributed by atoms with van der Waals surface area (Å²) >= 11 is 0. The Morgan fingerprint density at radius 3 is 2.65 bits per heavy atom. The van der Waals surface area contributed by atoms with Gasteiger partial charge in [0.05, 0.1) is 5.56 Å². The fourth-order valence-electron chi connectivity index (χ4n) is 2.15. The Balaban J connectivity index is 1.84. The number of carboxylic acid groups (broad SMARTS) is 1. The quantitative estimate of drug-likeness (QED) is 0.863. The second-order valence-electron chi connectivity index (χ2n) is 4.50. The molecule has 92 valence electrons. The fraction of sp³-hybridized carbons (Fsp3) is 0.538. The molecule has 0 aromatic carbocycles. The van der Waals surface area contributed by atoms with Gasteiger partial charge in [0, 0.05) is 24.9 Å². The first-order valence-electron chi connectivity index (χ1n) is 6.16. The molecule has 1 aliphatic rings. The third-order valence-corrected chi connectivity index (χ3v) is 3.20. The number of rotatable bonds is 4. The standard InChI is InChI=1S/C13H18N2O2/c16-13(17)11-4-5-12(14-10-11)6-9-15-7-2-1-3-8-15/h4-5,10H,1-3,6-9H2,(H,16,17). The van der Waals surface area contributed by atoms with Gasteiger partial charge in [0.2, 0.25) is 0 Å². The van der Waals surface area contributed by atoms with Gasteiger partial charge in [0.1, 0.15) is 0 Å². The molecule has 4 nitrogen and oxygen atoms in total. The third kappa shape index (κ3) is 3.53. The van der Waals surface area contributed by atoms with Crippen LogP contribution in [0.3, 0.4) is 0 Å². The predicted molar refractivity (Wildman–Crippen MR) is 65.2 cm³/mol. The van der Waals surface area contributed by atoms with Crippen molar-refractivity contribution in [3.8, 4) is 0 Å². The molecule has 0 bridgehead atoms. The van der Waals surface area contributed by atoms with Crippen molar-refractivity contribution in [3.63, 3.8) is 0 Å². The second kappa shape index (κ2) is 5.77. The van der Waals surface area contributed by atoms with Gasteiger partial charge in [-0.25, -0.2) is 4.79 Å². The molecule has 1 aromatic heterocycles. The Kier molecular flexibility index (Phi) is 4.09. The smallest absolute Gasteiger partial charge is 0.337 e. The SMILES string of the molecule is O=C(O)c1ccc(CCN2CCCCC2)nc1. The van der Waals surface area contributed by atoms with E-state index in [-0.39, 0.29) is 5.56 Å². The lowest BCUT2D eigenvalue weighted by Crippen LogP contribution is -2.31. The maximum atomic E-state index is 10.7. The van der Waals surface area contributed by atoms with E-state index in [1.165, 1.54) is 38.5 Å². The molecule has 1 N–H and O–H groups in total. The van der Waals surface area contributed by atoms with Gasteiger partial charge in [-0.05, 0) is 38.1 Å². The average Bonchev–Trinajstić information content (AvgIpc) is 2.38. The van der Waals surface area contributed by atoms with Gasteiger partial charge in [-0.3, -0.25) is 4.98 Å². The molecule has 1 fully saturated rings. The van der Waals surface area contributed by atoms with Crippen molar-refractivity contribution in [1.82, 2.24) is 9.88 Å². The van der Waals surface area contributed by atoms with Crippen molar-refractivity contribution in [1.29, 1.82) is 0 Å². The van der Waals surface area contributed by atoms with Crippen LogP contribution in [0.4, 0.5) is 0 Å². The molecule has 0 atom stereocenters. The number of aromatic carboxylic acids is 1. The van der Waals surface area contributed by atoms with E-state index in [4.69, 9.17) is 5.11 Å². The van der Waals surface area contributed by atoms with Crippen LogP contribution in [0.1, 0.15) is 35.3 Å². The lowest BCUT2D eigenvalue weighted by atomic mass is 10.1. The number of piperidine rings is 1. The van der Waals surface area contributed by atoms with Crippen molar-refractivity contribution in [2.24, 2.45) is 0 Å². The summed E-state index contributed by atoms with van der Waals surface area (Å²) in [5.74, 6) is -0.917. The highest BCUT2D eigenvalue weighted by molar-refractivity contribution is 5.87. The van der Waals surface area contributed by atoms with Crippen LogP contribution in [-0.4, -0.2) is 40.6 Å². The lowest BCUT2D eigenvalue weighted by Gasteiger charge is -2.26. The van der Waals surface area contributed by atoms with Crippen molar-refractivity contribution >= 4 is 5.97 Å². The molecule has 0 unspecified atom stereocenters. The number of aromatic nitrogens is 1. The van der Waals surface area contributed by atoms with Gasteiger partial charge in [-0.15, -0.1) is 0 Å². The molecule has 17 heavy (non-hydrogen) atoms. The van der Waals surface area contributed by atoms with Crippen LogP contribution in [0.25, 0.3) is 0 Å². The zero-order valence-corrected chi connectivity index (χ0v) is 9.93. The molecule has 1 saturated heterocycles. The van der Waals surface area contributed by atoms with Crippen molar-refractivity contribution in [2.75, 3.05) is 19.6 Å². The molecule has 1 aromatic rings. The topological polar surface area (TPSA) is 53.4 Å². The number of pyridine rings is 1. The van der Waals surface area contributed by atoms with Crippen LogP contribution in [0, 0.1) is 0 Å². The summed E-state index contributed by atoms with van der Waals surface area (Å²) in [6, 6.07) is 3.44. The van der Waals surface area contributed by atoms with E-state index in [0.29, 0.717) is 0 Å². The summed E-state index contributed by atoms with van der Waals surface area (Å²) in [5.41, 5.74) is 1.23. The van der Waals surface area contributed by atoms with Gasteiger partial charge in [0.25, 0.3) is 0 Å². The van der Waals surface area contributed by atoms with Gasteiger partial charge in [-0.1, -0.05) is 6.42 Å². The summed E-state index contributed by atoms with van der Waals surface area (Å²) in [6.07, 6.45) is 6.28. The Labute approximate surface area is 101 Å². The van der Waals surface area contributed by atoms with E-state index < -0.39 is 5.97 Å². The van der Waals surface area contributed by atoms with E-state index in [1.54, 1.807) is 6.07 Å².